The molecule has 1 unspecified atom stereocenters. The van der Waals surface area contributed by atoms with E-state index in [0.717, 1.165) is 0 Å². The lowest BCUT2D eigenvalue weighted by molar-refractivity contribution is -0.146. The summed E-state index contributed by atoms with van der Waals surface area (Å²) in [7, 11) is 0. The van der Waals surface area contributed by atoms with Gasteiger partial charge in [-0.25, -0.2) is 9.78 Å². The summed E-state index contributed by atoms with van der Waals surface area (Å²) in [5, 5.41) is 19.8. The number of aliphatic carboxylic acids is 1. The molecule has 0 aliphatic carbocycles. The van der Waals surface area contributed by atoms with E-state index >= 15 is 0 Å². The van der Waals surface area contributed by atoms with Crippen molar-refractivity contribution >= 4 is 11.9 Å². The van der Waals surface area contributed by atoms with Gasteiger partial charge in [0.05, 0.1) is 5.69 Å². The van der Waals surface area contributed by atoms with Crippen LogP contribution in [0.4, 0.5) is 0 Å². The van der Waals surface area contributed by atoms with Crippen LogP contribution < -0.4 is 5.32 Å². The second kappa shape index (κ2) is 5.44. The summed E-state index contributed by atoms with van der Waals surface area (Å²) < 4.78 is 5.08. The van der Waals surface area contributed by atoms with Crippen molar-refractivity contribution in [2.75, 3.05) is 6.54 Å². The number of carbonyl (C=O) groups excluding carboxylic acids is 1. The average molecular weight is 242 g/mol. The molecule has 1 aromatic rings. The van der Waals surface area contributed by atoms with Gasteiger partial charge < -0.3 is 19.9 Å². The zero-order chi connectivity index (χ0) is 13.0. The van der Waals surface area contributed by atoms with E-state index in [1.165, 1.54) is 0 Å². The fourth-order valence-electron chi connectivity index (χ4n) is 1.27. The van der Waals surface area contributed by atoms with Gasteiger partial charge >= 0.3 is 5.97 Å². The molecule has 1 atom stereocenters. The van der Waals surface area contributed by atoms with Crippen molar-refractivity contribution in [3.8, 4) is 0 Å². The number of oxazole rings is 1. The molecule has 0 bridgehead atoms. The van der Waals surface area contributed by atoms with Crippen molar-refractivity contribution in [1.82, 2.24) is 10.3 Å². The Balaban J connectivity index is 2.45. The topological polar surface area (TPSA) is 113 Å². The standard InChI is InChI=1S/C10H14N2O5/c1-5-8(17-6(2)12-5)9(14)11-4-3-7(13)10(15)16/h7,13H,3-4H2,1-2H3,(H,11,14)(H,15,16). The minimum Gasteiger partial charge on any atom is -0.479 e. The number of rotatable bonds is 5. The Hall–Kier alpha value is -1.89. The number of hydrogen-bond acceptors (Lipinski definition) is 5. The van der Waals surface area contributed by atoms with Crippen LogP contribution in [0.5, 0.6) is 0 Å². The highest BCUT2D eigenvalue weighted by Crippen LogP contribution is 2.08. The van der Waals surface area contributed by atoms with E-state index < -0.39 is 18.0 Å². The van der Waals surface area contributed by atoms with Gasteiger partial charge in [0.1, 0.15) is 0 Å². The molecule has 7 heteroatoms. The quantitative estimate of drug-likeness (QED) is 0.662. The van der Waals surface area contributed by atoms with E-state index in [0.29, 0.717) is 11.6 Å². The smallest absolute Gasteiger partial charge is 0.332 e. The molecule has 1 amide bonds. The molecule has 94 valence electrons. The number of hydrogen-bond donors (Lipinski definition) is 3. The van der Waals surface area contributed by atoms with E-state index in [-0.39, 0.29) is 18.7 Å². The average Bonchev–Trinajstić information content (AvgIpc) is 2.57. The predicted octanol–water partition coefficient (Wildman–Crippen LogP) is -0.143. The number of aryl methyl sites for hydroxylation is 2. The van der Waals surface area contributed by atoms with Crippen LogP contribution >= 0.6 is 0 Å². The fourth-order valence-corrected chi connectivity index (χ4v) is 1.27. The summed E-state index contributed by atoms with van der Waals surface area (Å²) in [5.41, 5.74) is 0.471. The largest absolute Gasteiger partial charge is 0.479 e. The molecule has 1 rings (SSSR count). The first-order valence-corrected chi connectivity index (χ1v) is 5.05. The van der Waals surface area contributed by atoms with Gasteiger partial charge in [-0.3, -0.25) is 4.79 Å². The van der Waals surface area contributed by atoms with Gasteiger partial charge in [0, 0.05) is 19.9 Å². The van der Waals surface area contributed by atoms with Gasteiger partial charge in [-0.15, -0.1) is 0 Å². The predicted molar refractivity (Wildman–Crippen MR) is 56.6 cm³/mol. The van der Waals surface area contributed by atoms with E-state index in [2.05, 4.69) is 10.3 Å². The second-order valence-corrected chi connectivity index (χ2v) is 3.55. The van der Waals surface area contributed by atoms with Crippen LogP contribution in [-0.2, 0) is 4.79 Å². The number of nitrogens with one attached hydrogen (secondary N) is 1. The summed E-state index contributed by atoms with van der Waals surface area (Å²) in [6.07, 6.45) is -1.54. The molecule has 0 saturated heterocycles. The minimum atomic E-state index is -1.48. The number of nitrogens with zero attached hydrogens (tertiary/aromatic N) is 1. The highest BCUT2D eigenvalue weighted by atomic mass is 16.4. The van der Waals surface area contributed by atoms with Crippen molar-refractivity contribution in [3.05, 3.63) is 17.3 Å². The van der Waals surface area contributed by atoms with Crippen molar-refractivity contribution in [2.24, 2.45) is 0 Å². The summed E-state index contributed by atoms with van der Waals surface area (Å²) in [6, 6.07) is 0. The molecule has 7 nitrogen and oxygen atoms in total. The van der Waals surface area contributed by atoms with Crippen molar-refractivity contribution < 1.29 is 24.2 Å². The lowest BCUT2D eigenvalue weighted by Crippen LogP contribution is -2.30. The van der Waals surface area contributed by atoms with Crippen molar-refractivity contribution in [3.63, 3.8) is 0 Å². The molecular formula is C10H14N2O5. The van der Waals surface area contributed by atoms with Crippen molar-refractivity contribution in [2.45, 2.75) is 26.4 Å². The Labute approximate surface area is 97.5 Å². The van der Waals surface area contributed by atoms with E-state index in [9.17, 15) is 9.59 Å². The summed E-state index contributed by atoms with van der Waals surface area (Å²) >= 11 is 0. The van der Waals surface area contributed by atoms with E-state index in [1.807, 2.05) is 0 Å². The molecule has 0 saturated carbocycles. The lowest BCUT2D eigenvalue weighted by atomic mass is 10.2. The summed E-state index contributed by atoms with van der Waals surface area (Å²) in [6.45, 7) is 3.31. The molecule has 3 N–H and O–H groups in total. The number of aliphatic hydroxyl groups excluding tert-OH is 1. The molecular weight excluding hydrogens is 228 g/mol. The molecule has 0 aromatic carbocycles. The Kier molecular flexibility index (Phi) is 4.22. The Morgan fingerprint density at radius 2 is 2.12 bits per heavy atom. The monoisotopic (exact) mass is 242 g/mol. The molecule has 0 aliphatic rings. The number of amides is 1. The van der Waals surface area contributed by atoms with Crippen molar-refractivity contribution in [1.29, 1.82) is 0 Å². The van der Waals surface area contributed by atoms with Crippen LogP contribution in [-0.4, -0.2) is 39.7 Å². The van der Waals surface area contributed by atoms with E-state index in [1.54, 1.807) is 13.8 Å². The summed E-state index contributed by atoms with van der Waals surface area (Å²) in [4.78, 5) is 25.8. The molecule has 17 heavy (non-hydrogen) atoms. The van der Waals surface area contributed by atoms with Crippen LogP contribution in [0.3, 0.4) is 0 Å². The van der Waals surface area contributed by atoms with Crippen LogP contribution in [0, 0.1) is 13.8 Å². The first-order valence-electron chi connectivity index (χ1n) is 5.05. The maximum absolute atomic E-state index is 11.6. The molecule has 0 radical (unpaired) electrons. The van der Waals surface area contributed by atoms with E-state index in [4.69, 9.17) is 14.6 Å². The fraction of sp³-hybridized carbons (Fsp3) is 0.500. The highest BCUT2D eigenvalue weighted by molar-refractivity contribution is 5.92. The Morgan fingerprint density at radius 1 is 1.47 bits per heavy atom. The number of aliphatic hydroxyl groups is 1. The van der Waals surface area contributed by atoms with Crippen LogP contribution in [0.15, 0.2) is 4.42 Å². The number of carboxylic acids is 1. The maximum Gasteiger partial charge on any atom is 0.332 e. The number of carboxylic acid groups (broad SMARTS) is 1. The zero-order valence-corrected chi connectivity index (χ0v) is 9.56. The second-order valence-electron chi connectivity index (χ2n) is 3.55. The van der Waals surface area contributed by atoms with Gasteiger partial charge in [0.25, 0.3) is 5.91 Å². The molecule has 0 spiro atoms. The highest BCUT2D eigenvalue weighted by Gasteiger charge is 2.17. The summed E-state index contributed by atoms with van der Waals surface area (Å²) in [5.74, 6) is -1.29. The van der Waals surface area contributed by atoms with Crippen LogP contribution in [0.25, 0.3) is 0 Å². The lowest BCUT2D eigenvalue weighted by Gasteiger charge is -2.06. The maximum atomic E-state index is 11.6. The molecule has 0 aliphatic heterocycles. The van der Waals surface area contributed by atoms with Crippen LogP contribution in [0.1, 0.15) is 28.6 Å². The minimum absolute atomic E-state index is 0.0471. The zero-order valence-electron chi connectivity index (χ0n) is 9.56. The molecule has 1 heterocycles. The van der Waals surface area contributed by atoms with Gasteiger partial charge in [0.15, 0.2) is 12.0 Å². The molecule has 1 aromatic heterocycles. The van der Waals surface area contributed by atoms with Gasteiger partial charge in [-0.05, 0) is 6.92 Å². The van der Waals surface area contributed by atoms with Gasteiger partial charge in [-0.2, -0.15) is 0 Å². The number of aromatic nitrogens is 1. The third-order valence-electron chi connectivity index (χ3n) is 2.10. The first kappa shape index (κ1) is 13.2. The van der Waals surface area contributed by atoms with Gasteiger partial charge in [0.2, 0.25) is 5.76 Å². The van der Waals surface area contributed by atoms with Gasteiger partial charge in [-0.1, -0.05) is 0 Å². The Morgan fingerprint density at radius 3 is 2.59 bits per heavy atom. The first-order chi connectivity index (χ1) is 7.91. The molecule has 0 fully saturated rings. The Bertz CT molecular complexity index is 426. The normalized spacial score (nSPS) is 12.2. The SMILES string of the molecule is Cc1nc(C)c(C(=O)NCCC(O)C(=O)O)o1. The third-order valence-corrected chi connectivity index (χ3v) is 2.10. The number of carbonyl (C=O) groups is 2. The third kappa shape index (κ3) is 3.56. The van der Waals surface area contributed by atoms with Crippen LogP contribution in [0.2, 0.25) is 0 Å².